The zero-order valence-corrected chi connectivity index (χ0v) is 13.6. The molecule has 0 aliphatic carbocycles. The smallest absolute Gasteiger partial charge is 0.243 e. The summed E-state index contributed by atoms with van der Waals surface area (Å²) in [6, 6.07) is 13.9. The number of hydrogen-bond donors (Lipinski definition) is 1. The van der Waals surface area contributed by atoms with Crippen LogP contribution in [0.25, 0.3) is 10.7 Å². The lowest BCUT2D eigenvalue weighted by atomic mass is 10.1. The molecule has 0 aliphatic heterocycles. The molecular formula is C15H14BrN3OS. The molecule has 1 atom stereocenters. The first kappa shape index (κ1) is 14.4. The number of halogens is 1. The van der Waals surface area contributed by atoms with Gasteiger partial charge in [-0.15, -0.1) is 11.3 Å². The summed E-state index contributed by atoms with van der Waals surface area (Å²) in [6.07, 6.45) is 1.67. The van der Waals surface area contributed by atoms with Crippen LogP contribution in [0.4, 0.5) is 0 Å². The van der Waals surface area contributed by atoms with Gasteiger partial charge in [0.2, 0.25) is 11.7 Å². The van der Waals surface area contributed by atoms with E-state index in [1.54, 1.807) is 11.3 Å². The maximum absolute atomic E-state index is 6.14. The molecule has 3 aromatic rings. The predicted octanol–water partition coefficient (Wildman–Crippen LogP) is 4.19. The van der Waals surface area contributed by atoms with Crippen LogP contribution in [-0.4, -0.2) is 10.1 Å². The lowest BCUT2D eigenvalue weighted by Gasteiger charge is -2.06. The molecule has 0 fully saturated rings. The molecule has 0 radical (unpaired) electrons. The largest absolute Gasteiger partial charge is 0.337 e. The van der Waals surface area contributed by atoms with Crippen LogP contribution in [-0.2, 0) is 6.42 Å². The molecule has 2 N–H and O–H groups in total. The number of thiophene rings is 1. The zero-order chi connectivity index (χ0) is 14.7. The molecule has 2 aromatic heterocycles. The molecule has 3 rings (SSSR count). The summed E-state index contributed by atoms with van der Waals surface area (Å²) >= 11 is 4.99. The quantitative estimate of drug-likeness (QED) is 0.737. The highest BCUT2D eigenvalue weighted by atomic mass is 79.9. The van der Waals surface area contributed by atoms with Gasteiger partial charge in [-0.2, -0.15) is 4.98 Å². The van der Waals surface area contributed by atoms with Crippen LogP contribution in [0.1, 0.15) is 23.9 Å². The van der Waals surface area contributed by atoms with Crippen molar-refractivity contribution in [3.63, 3.8) is 0 Å². The van der Waals surface area contributed by atoms with E-state index in [0.29, 0.717) is 11.7 Å². The maximum atomic E-state index is 6.14. The molecule has 0 saturated heterocycles. The minimum atomic E-state index is -0.241. The molecular weight excluding hydrogens is 350 g/mol. The third kappa shape index (κ3) is 3.58. The van der Waals surface area contributed by atoms with Crippen LogP contribution >= 0.6 is 27.3 Å². The van der Waals surface area contributed by atoms with Crippen LogP contribution in [0.3, 0.4) is 0 Å². The number of benzene rings is 1. The van der Waals surface area contributed by atoms with Gasteiger partial charge in [0.05, 0.1) is 14.7 Å². The summed E-state index contributed by atoms with van der Waals surface area (Å²) in [5.41, 5.74) is 7.40. The van der Waals surface area contributed by atoms with Gasteiger partial charge in [-0.05, 0) is 46.5 Å². The van der Waals surface area contributed by atoms with Crippen molar-refractivity contribution in [2.75, 3.05) is 0 Å². The van der Waals surface area contributed by atoms with E-state index in [4.69, 9.17) is 10.3 Å². The van der Waals surface area contributed by atoms with E-state index < -0.39 is 0 Å². The van der Waals surface area contributed by atoms with Crippen LogP contribution in [0.5, 0.6) is 0 Å². The van der Waals surface area contributed by atoms with E-state index in [1.807, 2.05) is 30.3 Å². The molecule has 108 valence electrons. The number of hydrogen-bond acceptors (Lipinski definition) is 5. The summed E-state index contributed by atoms with van der Waals surface area (Å²) in [4.78, 5) is 5.36. The van der Waals surface area contributed by atoms with E-state index in [2.05, 4.69) is 38.2 Å². The molecule has 6 heteroatoms. The van der Waals surface area contributed by atoms with E-state index in [0.717, 1.165) is 21.5 Å². The predicted molar refractivity (Wildman–Crippen MR) is 87.0 cm³/mol. The van der Waals surface area contributed by atoms with Crippen molar-refractivity contribution in [1.82, 2.24) is 10.1 Å². The topological polar surface area (TPSA) is 64.9 Å². The molecule has 21 heavy (non-hydrogen) atoms. The van der Waals surface area contributed by atoms with Crippen molar-refractivity contribution in [3.8, 4) is 10.7 Å². The van der Waals surface area contributed by atoms with Gasteiger partial charge in [-0.25, -0.2) is 0 Å². The second-order valence-electron chi connectivity index (χ2n) is 4.69. The third-order valence-electron chi connectivity index (χ3n) is 3.14. The fourth-order valence-electron chi connectivity index (χ4n) is 2.01. The molecule has 2 heterocycles. The minimum Gasteiger partial charge on any atom is -0.337 e. The summed E-state index contributed by atoms with van der Waals surface area (Å²) in [6.45, 7) is 0. The van der Waals surface area contributed by atoms with Gasteiger partial charge in [0.1, 0.15) is 0 Å². The van der Waals surface area contributed by atoms with Gasteiger partial charge in [0.25, 0.3) is 0 Å². The average Bonchev–Trinajstić information content (AvgIpc) is 3.14. The zero-order valence-electron chi connectivity index (χ0n) is 11.2. The average molecular weight is 364 g/mol. The van der Waals surface area contributed by atoms with Crippen molar-refractivity contribution in [3.05, 3.63) is 57.7 Å². The molecule has 0 bridgehead atoms. The Balaban J connectivity index is 1.65. The summed E-state index contributed by atoms with van der Waals surface area (Å²) in [7, 11) is 0. The summed E-state index contributed by atoms with van der Waals surface area (Å²) in [5, 5.41) is 4.00. The highest BCUT2D eigenvalue weighted by Gasteiger charge is 2.16. The first-order chi connectivity index (χ1) is 10.2. The van der Waals surface area contributed by atoms with Gasteiger partial charge in [0, 0.05) is 0 Å². The normalized spacial score (nSPS) is 12.5. The molecule has 0 aliphatic rings. The lowest BCUT2D eigenvalue weighted by Crippen LogP contribution is -2.11. The van der Waals surface area contributed by atoms with Crippen molar-refractivity contribution in [1.29, 1.82) is 0 Å². The lowest BCUT2D eigenvalue weighted by molar-refractivity contribution is 0.349. The minimum absolute atomic E-state index is 0.241. The molecule has 0 saturated carbocycles. The summed E-state index contributed by atoms with van der Waals surface area (Å²) in [5.74, 6) is 1.08. The van der Waals surface area contributed by atoms with Crippen LogP contribution < -0.4 is 5.73 Å². The third-order valence-corrected chi connectivity index (χ3v) is 4.76. The van der Waals surface area contributed by atoms with Gasteiger partial charge in [-0.1, -0.05) is 35.5 Å². The monoisotopic (exact) mass is 363 g/mol. The van der Waals surface area contributed by atoms with Gasteiger partial charge in [0.15, 0.2) is 0 Å². The molecule has 1 unspecified atom stereocenters. The standard InChI is InChI=1S/C15H14BrN3OS/c16-13-9-8-12(21-13)14-18-15(20-19-14)11(17)7-6-10-4-2-1-3-5-10/h1-5,8-9,11H,6-7,17H2. The highest BCUT2D eigenvalue weighted by molar-refractivity contribution is 9.11. The van der Waals surface area contributed by atoms with E-state index in [-0.39, 0.29) is 6.04 Å². The first-order valence-corrected chi connectivity index (χ1v) is 8.22. The van der Waals surface area contributed by atoms with Crippen molar-refractivity contribution >= 4 is 27.3 Å². The Morgan fingerprint density at radius 3 is 2.71 bits per heavy atom. The van der Waals surface area contributed by atoms with Crippen molar-refractivity contribution in [2.45, 2.75) is 18.9 Å². The second-order valence-corrected chi connectivity index (χ2v) is 7.15. The number of rotatable bonds is 5. The van der Waals surface area contributed by atoms with Gasteiger partial charge >= 0.3 is 0 Å². The Hall–Kier alpha value is -1.50. The van der Waals surface area contributed by atoms with Crippen LogP contribution in [0, 0.1) is 0 Å². The van der Waals surface area contributed by atoms with Gasteiger partial charge < -0.3 is 10.3 Å². The summed E-state index contributed by atoms with van der Waals surface area (Å²) < 4.78 is 6.32. The number of aromatic nitrogens is 2. The fraction of sp³-hybridized carbons (Fsp3) is 0.200. The van der Waals surface area contributed by atoms with E-state index >= 15 is 0 Å². The molecule has 1 aromatic carbocycles. The fourth-order valence-corrected chi connectivity index (χ4v) is 3.32. The van der Waals surface area contributed by atoms with E-state index in [1.165, 1.54) is 5.56 Å². The Labute approximate surface area is 135 Å². The number of nitrogens with zero attached hydrogens (tertiary/aromatic N) is 2. The van der Waals surface area contributed by atoms with Crippen molar-refractivity contribution in [2.24, 2.45) is 5.73 Å². The highest BCUT2D eigenvalue weighted by Crippen LogP contribution is 2.30. The Kier molecular flexibility index (Phi) is 4.48. The molecule has 0 spiro atoms. The van der Waals surface area contributed by atoms with Crippen LogP contribution in [0.2, 0.25) is 0 Å². The number of nitrogens with two attached hydrogens (primary N) is 1. The molecule has 4 nitrogen and oxygen atoms in total. The Bertz CT molecular complexity index is 711. The Morgan fingerprint density at radius 1 is 1.19 bits per heavy atom. The SMILES string of the molecule is NC(CCc1ccccc1)c1nc(-c2ccc(Br)s2)no1. The second kappa shape index (κ2) is 6.51. The maximum Gasteiger partial charge on any atom is 0.243 e. The van der Waals surface area contributed by atoms with Gasteiger partial charge in [-0.3, -0.25) is 0 Å². The Morgan fingerprint density at radius 2 is 2.00 bits per heavy atom. The van der Waals surface area contributed by atoms with E-state index in [9.17, 15) is 0 Å². The van der Waals surface area contributed by atoms with Crippen LogP contribution in [0.15, 0.2) is 50.8 Å². The first-order valence-electron chi connectivity index (χ1n) is 6.61. The number of aryl methyl sites for hydroxylation is 1. The molecule has 0 amide bonds. The van der Waals surface area contributed by atoms with Crippen molar-refractivity contribution < 1.29 is 4.52 Å².